The number of aliphatic hydroxyl groups excluding tert-OH is 1. The van der Waals surface area contributed by atoms with Crippen LogP contribution in [0.2, 0.25) is 0 Å². The van der Waals surface area contributed by atoms with Gasteiger partial charge in [0.1, 0.15) is 5.65 Å². The second-order valence-electron chi connectivity index (χ2n) is 10.4. The number of rotatable bonds is 7. The average molecular weight is 553 g/mol. The van der Waals surface area contributed by atoms with E-state index < -0.39 is 18.6 Å². The maximum Gasteiger partial charge on any atom is 0.391 e. The lowest BCUT2D eigenvalue weighted by Gasteiger charge is -2.27. The Labute approximate surface area is 227 Å². The van der Waals surface area contributed by atoms with E-state index in [4.69, 9.17) is 0 Å². The molecule has 38 heavy (non-hydrogen) atoms. The Morgan fingerprint density at radius 2 is 1.79 bits per heavy atom. The molecule has 2 aromatic heterocycles. The molecule has 0 unspecified atom stereocenters. The SMILES string of the molecule is C[C@H](CC(F)(F)F)Nc1ncc2c(-c3ccc(CN4CCNCC4)cc3)cn(C3CCC(O)CC3)c2n1.Cl. The quantitative estimate of drug-likeness (QED) is 0.376. The molecule has 0 amide bonds. The number of aliphatic hydroxyl groups is 1. The molecule has 1 aliphatic carbocycles. The normalized spacial score (nSPS) is 21.7. The van der Waals surface area contributed by atoms with Crippen LogP contribution in [-0.4, -0.2) is 69.0 Å². The lowest BCUT2D eigenvalue weighted by molar-refractivity contribution is -0.136. The molecule has 3 heterocycles. The second-order valence-corrected chi connectivity index (χ2v) is 10.4. The highest BCUT2D eigenvalue weighted by Gasteiger charge is 2.30. The van der Waals surface area contributed by atoms with Crippen LogP contribution < -0.4 is 10.6 Å². The summed E-state index contributed by atoms with van der Waals surface area (Å²) in [5.41, 5.74) is 4.03. The summed E-state index contributed by atoms with van der Waals surface area (Å²) in [5, 5.41) is 17.1. The van der Waals surface area contributed by atoms with Crippen LogP contribution in [0.3, 0.4) is 0 Å². The zero-order valence-electron chi connectivity index (χ0n) is 21.5. The maximum atomic E-state index is 12.8. The number of nitrogens with zero attached hydrogens (tertiary/aromatic N) is 4. The predicted octanol–water partition coefficient (Wildman–Crippen LogP) is 5.15. The number of benzene rings is 1. The lowest BCUT2D eigenvalue weighted by atomic mass is 9.93. The molecule has 7 nitrogen and oxygen atoms in total. The number of piperazine rings is 1. The molecule has 1 saturated heterocycles. The smallest absolute Gasteiger partial charge is 0.391 e. The number of nitrogens with one attached hydrogen (secondary N) is 2. The topological polar surface area (TPSA) is 78.2 Å². The number of halogens is 4. The molecule has 11 heteroatoms. The zero-order chi connectivity index (χ0) is 26.0. The Balaban J connectivity index is 0.00000336. The summed E-state index contributed by atoms with van der Waals surface area (Å²) in [7, 11) is 0. The van der Waals surface area contributed by atoms with Crippen LogP contribution in [0.5, 0.6) is 0 Å². The molecule has 1 saturated carbocycles. The van der Waals surface area contributed by atoms with Crippen LogP contribution in [0.1, 0.15) is 50.6 Å². The monoisotopic (exact) mass is 552 g/mol. The van der Waals surface area contributed by atoms with Gasteiger partial charge >= 0.3 is 6.18 Å². The van der Waals surface area contributed by atoms with E-state index in [1.54, 1.807) is 6.20 Å². The largest absolute Gasteiger partial charge is 0.393 e. The molecule has 0 bridgehead atoms. The summed E-state index contributed by atoms with van der Waals surface area (Å²) in [6, 6.07) is 7.90. The molecule has 208 valence electrons. The molecule has 1 aromatic carbocycles. The van der Waals surface area contributed by atoms with Gasteiger partial charge in [0.2, 0.25) is 5.95 Å². The molecular formula is C27H36ClF3N6O. The molecule has 3 N–H and O–H groups in total. The molecule has 3 aromatic rings. The molecule has 2 fully saturated rings. The number of anilines is 1. The summed E-state index contributed by atoms with van der Waals surface area (Å²) in [4.78, 5) is 11.5. The van der Waals surface area contributed by atoms with Crippen molar-refractivity contribution in [3.8, 4) is 11.1 Å². The Bertz CT molecular complexity index is 1190. The molecule has 1 atom stereocenters. The molecule has 0 radical (unpaired) electrons. The van der Waals surface area contributed by atoms with E-state index >= 15 is 0 Å². The van der Waals surface area contributed by atoms with Gasteiger partial charge < -0.3 is 20.3 Å². The van der Waals surface area contributed by atoms with Crippen molar-refractivity contribution in [2.75, 3.05) is 31.5 Å². The van der Waals surface area contributed by atoms with Gasteiger partial charge in [-0.05, 0) is 43.7 Å². The van der Waals surface area contributed by atoms with Crippen LogP contribution in [0.15, 0.2) is 36.7 Å². The van der Waals surface area contributed by atoms with Gasteiger partial charge in [-0.2, -0.15) is 18.2 Å². The fourth-order valence-electron chi connectivity index (χ4n) is 5.48. The van der Waals surface area contributed by atoms with Gasteiger partial charge in [0.05, 0.1) is 12.5 Å². The fraction of sp³-hybridized carbons (Fsp3) is 0.556. The van der Waals surface area contributed by atoms with Gasteiger partial charge in [0.15, 0.2) is 0 Å². The van der Waals surface area contributed by atoms with E-state index in [0.29, 0.717) is 5.65 Å². The van der Waals surface area contributed by atoms with Gasteiger partial charge in [-0.1, -0.05) is 24.3 Å². The van der Waals surface area contributed by atoms with Crippen molar-refractivity contribution in [2.24, 2.45) is 0 Å². The van der Waals surface area contributed by atoms with Gasteiger partial charge in [0.25, 0.3) is 0 Å². The van der Waals surface area contributed by atoms with E-state index in [-0.39, 0.29) is 30.5 Å². The standard InChI is InChI=1S/C27H35F3N6O.ClH/c1-18(14-27(28,29)30)33-26-32-15-23-24(17-36(25(23)34-26)21-6-8-22(37)9-7-21)20-4-2-19(3-5-20)16-35-12-10-31-11-13-35;/h2-5,15,17-18,21-22,31,37H,6-14,16H2,1H3,(H,32,33,34);1H/t18-,21?,22?;/m1./s1. The second kappa shape index (κ2) is 12.2. The molecule has 0 spiro atoms. The minimum atomic E-state index is -4.26. The van der Waals surface area contributed by atoms with E-state index in [9.17, 15) is 18.3 Å². The van der Waals surface area contributed by atoms with Gasteiger partial charge in [-0.3, -0.25) is 4.90 Å². The van der Waals surface area contributed by atoms with Gasteiger partial charge in [0, 0.05) is 68.2 Å². The number of hydrogen-bond acceptors (Lipinski definition) is 6. The lowest BCUT2D eigenvalue weighted by Crippen LogP contribution is -2.42. The van der Waals surface area contributed by atoms with Gasteiger partial charge in [-0.15, -0.1) is 12.4 Å². The highest BCUT2D eigenvalue weighted by Crippen LogP contribution is 2.37. The van der Waals surface area contributed by atoms with Crippen molar-refractivity contribution in [2.45, 2.75) is 69.9 Å². The number of fused-ring (bicyclic) bond motifs is 1. The first-order valence-corrected chi connectivity index (χ1v) is 13.2. The van der Waals surface area contributed by atoms with Crippen LogP contribution in [0.25, 0.3) is 22.2 Å². The molecule has 5 rings (SSSR count). The van der Waals surface area contributed by atoms with Crippen LogP contribution >= 0.6 is 12.4 Å². The third-order valence-electron chi connectivity index (χ3n) is 7.43. The Kier molecular flexibility index (Phi) is 9.18. The van der Waals surface area contributed by atoms with Crippen molar-refractivity contribution in [1.29, 1.82) is 0 Å². The van der Waals surface area contributed by atoms with Crippen molar-refractivity contribution in [3.63, 3.8) is 0 Å². The van der Waals surface area contributed by atoms with Gasteiger partial charge in [-0.25, -0.2) is 4.98 Å². The predicted molar refractivity (Wildman–Crippen MR) is 146 cm³/mol. The number of aromatic nitrogens is 3. The van der Waals surface area contributed by atoms with E-state index in [2.05, 4.69) is 60.5 Å². The first-order valence-electron chi connectivity index (χ1n) is 13.2. The number of alkyl halides is 3. The van der Waals surface area contributed by atoms with E-state index in [1.165, 1.54) is 12.5 Å². The summed E-state index contributed by atoms with van der Waals surface area (Å²) in [6.45, 7) is 6.52. The highest BCUT2D eigenvalue weighted by molar-refractivity contribution is 5.94. The third-order valence-corrected chi connectivity index (χ3v) is 7.43. The minimum absolute atomic E-state index is 0. The average Bonchev–Trinajstić information content (AvgIpc) is 3.23. The summed E-state index contributed by atoms with van der Waals surface area (Å²) in [6.07, 6.45) is 1.40. The fourth-order valence-corrected chi connectivity index (χ4v) is 5.48. The van der Waals surface area contributed by atoms with E-state index in [0.717, 1.165) is 74.9 Å². The van der Waals surface area contributed by atoms with Crippen LogP contribution in [0, 0.1) is 0 Å². The van der Waals surface area contributed by atoms with E-state index in [1.807, 2.05) is 0 Å². The third kappa shape index (κ3) is 6.97. The Morgan fingerprint density at radius 3 is 2.45 bits per heavy atom. The summed E-state index contributed by atoms with van der Waals surface area (Å²) < 4.78 is 40.7. The maximum absolute atomic E-state index is 12.8. The Hall–Kier alpha value is -2.40. The molecule has 1 aliphatic heterocycles. The molecular weight excluding hydrogens is 517 g/mol. The summed E-state index contributed by atoms with van der Waals surface area (Å²) in [5.74, 6) is 0.192. The van der Waals surface area contributed by atoms with Crippen molar-refractivity contribution >= 4 is 29.4 Å². The first kappa shape index (κ1) is 28.6. The molecule has 2 aliphatic rings. The van der Waals surface area contributed by atoms with Crippen molar-refractivity contribution in [1.82, 2.24) is 24.8 Å². The van der Waals surface area contributed by atoms with Crippen molar-refractivity contribution in [3.05, 3.63) is 42.2 Å². The summed E-state index contributed by atoms with van der Waals surface area (Å²) >= 11 is 0. The van der Waals surface area contributed by atoms with Crippen molar-refractivity contribution < 1.29 is 18.3 Å². The zero-order valence-corrected chi connectivity index (χ0v) is 22.4. The van der Waals surface area contributed by atoms with Crippen LogP contribution in [-0.2, 0) is 6.54 Å². The van der Waals surface area contributed by atoms with Crippen LogP contribution in [0.4, 0.5) is 19.1 Å². The highest BCUT2D eigenvalue weighted by atomic mass is 35.5. The Morgan fingerprint density at radius 1 is 1.11 bits per heavy atom. The first-order chi connectivity index (χ1) is 17.7. The number of hydrogen-bond donors (Lipinski definition) is 3. The minimum Gasteiger partial charge on any atom is -0.393 e.